The minimum atomic E-state index is 0.567. The number of benzene rings is 7. The largest absolute Gasteiger partial charge is 0.455 e. The van der Waals surface area contributed by atoms with E-state index in [0.29, 0.717) is 17.5 Å². The number of furan rings is 1. The first-order valence-electron chi connectivity index (χ1n) is 16.0. The highest BCUT2D eigenvalue weighted by Gasteiger charge is 2.19. The molecule has 5 nitrogen and oxygen atoms in total. The Morgan fingerprint density at radius 1 is 0.438 bits per heavy atom. The highest BCUT2D eigenvalue weighted by Crippen LogP contribution is 2.38. The zero-order valence-electron chi connectivity index (χ0n) is 25.7. The summed E-state index contributed by atoms with van der Waals surface area (Å²) in [5, 5.41) is 7.05. The Balaban J connectivity index is 1.20. The van der Waals surface area contributed by atoms with Crippen LogP contribution in [0.25, 0.3) is 94.4 Å². The molecule has 48 heavy (non-hydrogen) atoms. The minimum absolute atomic E-state index is 0.567. The van der Waals surface area contributed by atoms with Crippen molar-refractivity contribution in [1.29, 1.82) is 0 Å². The average molecular weight is 615 g/mol. The first-order valence-corrected chi connectivity index (χ1v) is 16.0. The molecule has 0 unspecified atom stereocenters. The lowest BCUT2D eigenvalue weighted by atomic mass is 10.0. The monoisotopic (exact) mass is 614 g/mol. The Hall–Kier alpha value is -6.59. The van der Waals surface area contributed by atoms with E-state index in [0.717, 1.165) is 55.3 Å². The van der Waals surface area contributed by atoms with Crippen molar-refractivity contribution in [3.63, 3.8) is 0 Å². The van der Waals surface area contributed by atoms with Gasteiger partial charge in [0.2, 0.25) is 0 Å². The lowest BCUT2D eigenvalue weighted by molar-refractivity contribution is 0.669. The van der Waals surface area contributed by atoms with Crippen molar-refractivity contribution in [2.45, 2.75) is 0 Å². The summed E-state index contributed by atoms with van der Waals surface area (Å²) in [5.74, 6) is 1.77. The number of para-hydroxylation sites is 3. The zero-order valence-corrected chi connectivity index (χ0v) is 25.7. The molecule has 10 aromatic rings. The fourth-order valence-electron chi connectivity index (χ4n) is 7.07. The lowest BCUT2D eigenvalue weighted by Crippen LogP contribution is -2.01. The number of hydrogen-bond donors (Lipinski definition) is 0. The molecule has 0 radical (unpaired) electrons. The van der Waals surface area contributed by atoms with Crippen molar-refractivity contribution in [1.82, 2.24) is 19.5 Å². The minimum Gasteiger partial charge on any atom is -0.455 e. The van der Waals surface area contributed by atoms with Crippen LogP contribution in [0.15, 0.2) is 162 Å². The Bertz CT molecular complexity index is 2850. The van der Waals surface area contributed by atoms with Gasteiger partial charge in [-0.1, -0.05) is 121 Å². The summed E-state index contributed by atoms with van der Waals surface area (Å²) in [6.45, 7) is 0. The summed E-state index contributed by atoms with van der Waals surface area (Å²) in [4.78, 5) is 15.2. The molecule has 0 amide bonds. The van der Waals surface area contributed by atoms with E-state index in [1.807, 2.05) is 60.7 Å². The van der Waals surface area contributed by atoms with Crippen LogP contribution in [0.5, 0.6) is 0 Å². The molecule has 3 heterocycles. The van der Waals surface area contributed by atoms with Crippen LogP contribution in [-0.4, -0.2) is 19.5 Å². The molecule has 224 valence electrons. The van der Waals surface area contributed by atoms with Gasteiger partial charge in [0.15, 0.2) is 17.5 Å². The molecule has 0 saturated carbocycles. The quantitative estimate of drug-likeness (QED) is 0.198. The van der Waals surface area contributed by atoms with E-state index in [1.165, 1.54) is 21.5 Å². The van der Waals surface area contributed by atoms with Crippen LogP contribution in [0, 0.1) is 0 Å². The number of rotatable bonds is 4. The van der Waals surface area contributed by atoms with Gasteiger partial charge in [0.1, 0.15) is 11.2 Å². The van der Waals surface area contributed by atoms with E-state index in [9.17, 15) is 0 Å². The fourth-order valence-corrected chi connectivity index (χ4v) is 7.07. The van der Waals surface area contributed by atoms with Gasteiger partial charge in [0.25, 0.3) is 0 Å². The Morgan fingerprint density at radius 2 is 1.10 bits per heavy atom. The van der Waals surface area contributed by atoms with Gasteiger partial charge in [-0.15, -0.1) is 0 Å². The second-order valence-electron chi connectivity index (χ2n) is 12.0. The molecular formula is C43H26N4O. The number of nitrogens with zero attached hydrogens (tertiary/aromatic N) is 4. The number of fused-ring (bicyclic) bond motifs is 8. The van der Waals surface area contributed by atoms with Gasteiger partial charge in [-0.25, -0.2) is 15.0 Å². The predicted molar refractivity (Wildman–Crippen MR) is 195 cm³/mol. The second kappa shape index (κ2) is 10.5. The molecular weight excluding hydrogens is 589 g/mol. The molecule has 0 saturated heterocycles. The maximum Gasteiger partial charge on any atom is 0.167 e. The summed E-state index contributed by atoms with van der Waals surface area (Å²) in [7, 11) is 0. The smallest absolute Gasteiger partial charge is 0.167 e. The summed E-state index contributed by atoms with van der Waals surface area (Å²) < 4.78 is 8.75. The van der Waals surface area contributed by atoms with Crippen molar-refractivity contribution in [2.24, 2.45) is 0 Å². The molecule has 3 aromatic heterocycles. The third-order valence-corrected chi connectivity index (χ3v) is 9.24. The van der Waals surface area contributed by atoms with Crippen LogP contribution in [0.1, 0.15) is 0 Å². The third kappa shape index (κ3) is 4.08. The maximum absolute atomic E-state index is 6.41. The van der Waals surface area contributed by atoms with E-state index in [2.05, 4.69) is 102 Å². The van der Waals surface area contributed by atoms with Crippen LogP contribution >= 0.6 is 0 Å². The summed E-state index contributed by atoms with van der Waals surface area (Å²) in [6, 6.07) is 54.5. The molecule has 10 rings (SSSR count). The molecule has 5 heteroatoms. The SMILES string of the molecule is c1ccc(-c2nc(-c3cccc(-n4c5ccccc5c5c6ccccc6ccc54)c3)nc(-c3cccc4c3oc3ccccc34)n2)cc1. The van der Waals surface area contributed by atoms with E-state index in [1.54, 1.807) is 0 Å². The summed E-state index contributed by atoms with van der Waals surface area (Å²) in [5.41, 5.74) is 7.60. The number of aromatic nitrogens is 4. The van der Waals surface area contributed by atoms with E-state index in [-0.39, 0.29) is 0 Å². The topological polar surface area (TPSA) is 56.7 Å². The second-order valence-corrected chi connectivity index (χ2v) is 12.0. The van der Waals surface area contributed by atoms with Gasteiger partial charge in [0, 0.05) is 38.4 Å². The van der Waals surface area contributed by atoms with Gasteiger partial charge in [-0.3, -0.25) is 0 Å². The van der Waals surface area contributed by atoms with Gasteiger partial charge >= 0.3 is 0 Å². The average Bonchev–Trinajstić information content (AvgIpc) is 3.71. The normalized spacial score (nSPS) is 11.8. The van der Waals surface area contributed by atoms with Crippen molar-refractivity contribution >= 4 is 54.5 Å². The summed E-state index contributed by atoms with van der Waals surface area (Å²) in [6.07, 6.45) is 0. The lowest BCUT2D eigenvalue weighted by Gasteiger charge is -2.12. The standard InChI is InChI=1S/C43H26N4O/c1-2-13-28(14-3-1)41-44-42(46-43(45-41)35-21-11-20-33-32-18-7-9-23-38(32)48-40(33)35)29-15-10-16-30(26-29)47-36-22-8-6-19-34(36)39-31-17-5-4-12-27(31)24-25-37(39)47/h1-26H. The van der Waals surface area contributed by atoms with Crippen LogP contribution in [0.3, 0.4) is 0 Å². The van der Waals surface area contributed by atoms with Gasteiger partial charge in [0.05, 0.1) is 16.6 Å². The maximum atomic E-state index is 6.41. The Kier molecular flexibility index (Phi) is 5.81. The molecule has 0 aliphatic rings. The van der Waals surface area contributed by atoms with Crippen LogP contribution in [0.4, 0.5) is 0 Å². The summed E-state index contributed by atoms with van der Waals surface area (Å²) >= 11 is 0. The third-order valence-electron chi connectivity index (χ3n) is 9.24. The molecule has 7 aromatic carbocycles. The molecule has 0 spiro atoms. The van der Waals surface area contributed by atoms with Crippen molar-refractivity contribution in [3.8, 4) is 39.9 Å². The number of hydrogen-bond acceptors (Lipinski definition) is 4. The fraction of sp³-hybridized carbons (Fsp3) is 0. The van der Waals surface area contributed by atoms with E-state index in [4.69, 9.17) is 19.4 Å². The van der Waals surface area contributed by atoms with Crippen molar-refractivity contribution in [3.05, 3.63) is 158 Å². The van der Waals surface area contributed by atoms with E-state index >= 15 is 0 Å². The molecule has 0 bridgehead atoms. The van der Waals surface area contributed by atoms with Gasteiger partial charge in [-0.2, -0.15) is 0 Å². The van der Waals surface area contributed by atoms with Crippen LogP contribution < -0.4 is 0 Å². The van der Waals surface area contributed by atoms with Gasteiger partial charge < -0.3 is 8.98 Å². The Labute approximate surface area is 275 Å². The molecule has 0 N–H and O–H groups in total. The van der Waals surface area contributed by atoms with E-state index < -0.39 is 0 Å². The van der Waals surface area contributed by atoms with Crippen LogP contribution in [-0.2, 0) is 0 Å². The van der Waals surface area contributed by atoms with Crippen LogP contribution in [0.2, 0.25) is 0 Å². The highest BCUT2D eigenvalue weighted by atomic mass is 16.3. The Morgan fingerprint density at radius 3 is 2.00 bits per heavy atom. The van der Waals surface area contributed by atoms with Crippen molar-refractivity contribution in [2.75, 3.05) is 0 Å². The zero-order chi connectivity index (χ0) is 31.6. The predicted octanol–water partition coefficient (Wildman–Crippen LogP) is 11.0. The highest BCUT2D eigenvalue weighted by molar-refractivity contribution is 6.21. The van der Waals surface area contributed by atoms with Gasteiger partial charge in [-0.05, 0) is 47.2 Å². The molecule has 0 fully saturated rings. The molecule has 0 aliphatic heterocycles. The molecule has 0 aliphatic carbocycles. The molecule has 0 atom stereocenters. The van der Waals surface area contributed by atoms with Crippen molar-refractivity contribution < 1.29 is 4.42 Å². The first-order chi connectivity index (χ1) is 23.8. The first kappa shape index (κ1) is 26.6.